The third-order valence-electron chi connectivity index (χ3n) is 4.18. The summed E-state index contributed by atoms with van der Waals surface area (Å²) in [4.78, 5) is 14.3. The van der Waals surface area contributed by atoms with E-state index in [4.69, 9.17) is 14.9 Å². The number of likely N-dealkylation sites (tertiary alicyclic amines) is 1. The number of hydrogen-bond donors (Lipinski definition) is 1. The largest absolute Gasteiger partial charge is 0.497 e. The van der Waals surface area contributed by atoms with Crippen LogP contribution in [-0.4, -0.2) is 37.6 Å². The number of hydrogen-bond acceptors (Lipinski definition) is 4. The van der Waals surface area contributed by atoms with Gasteiger partial charge in [-0.1, -0.05) is 0 Å². The first-order valence-corrected chi connectivity index (χ1v) is 7.23. The zero-order chi connectivity index (χ0) is 14.8. The minimum atomic E-state index is 0. The Hall–Kier alpha value is -1.72. The highest BCUT2D eigenvalue weighted by Gasteiger charge is 2.25. The summed E-state index contributed by atoms with van der Waals surface area (Å²) in [7, 11) is 1.62. The lowest BCUT2D eigenvalue weighted by molar-refractivity contribution is -0.129. The van der Waals surface area contributed by atoms with Crippen LogP contribution in [0.2, 0.25) is 0 Å². The van der Waals surface area contributed by atoms with Crippen molar-refractivity contribution in [3.63, 3.8) is 0 Å². The number of rotatable bonds is 4. The smallest absolute Gasteiger partial charge is 0.227 e. The van der Waals surface area contributed by atoms with Gasteiger partial charge in [-0.3, -0.25) is 4.79 Å². The van der Waals surface area contributed by atoms with E-state index in [0.29, 0.717) is 18.9 Å². The molecule has 1 atom stereocenters. The molecule has 0 aliphatic carbocycles. The van der Waals surface area contributed by atoms with Crippen LogP contribution in [0.5, 0.6) is 5.75 Å². The van der Waals surface area contributed by atoms with Crippen LogP contribution in [0, 0.1) is 5.92 Å². The molecule has 1 aromatic carbocycles. The number of methoxy groups -OCH3 is 1. The van der Waals surface area contributed by atoms with Gasteiger partial charge in [0, 0.05) is 30.1 Å². The molecule has 1 amide bonds. The molecule has 2 aromatic rings. The first-order valence-electron chi connectivity index (χ1n) is 7.23. The fourth-order valence-corrected chi connectivity index (χ4v) is 2.85. The number of carbonyl (C=O) groups excluding carboxylic acids is 1. The third-order valence-corrected chi connectivity index (χ3v) is 4.18. The average Bonchev–Trinajstić information content (AvgIpc) is 3.13. The van der Waals surface area contributed by atoms with Crippen LogP contribution in [0.1, 0.15) is 12.0 Å². The van der Waals surface area contributed by atoms with Gasteiger partial charge in [0.15, 0.2) is 0 Å². The fourth-order valence-electron chi connectivity index (χ4n) is 2.85. The van der Waals surface area contributed by atoms with Crippen molar-refractivity contribution in [1.82, 2.24) is 4.90 Å². The molecule has 1 aliphatic rings. The summed E-state index contributed by atoms with van der Waals surface area (Å²) < 4.78 is 10.7. The first-order chi connectivity index (χ1) is 10.2. The van der Waals surface area contributed by atoms with Crippen molar-refractivity contribution in [3.05, 3.63) is 30.0 Å². The Morgan fingerprint density at radius 3 is 3.00 bits per heavy atom. The number of amides is 1. The lowest BCUT2D eigenvalue weighted by Gasteiger charge is -2.15. The zero-order valence-electron chi connectivity index (χ0n) is 12.6. The number of benzene rings is 1. The van der Waals surface area contributed by atoms with E-state index < -0.39 is 0 Å². The van der Waals surface area contributed by atoms with Crippen molar-refractivity contribution >= 4 is 29.3 Å². The Kier molecular flexibility index (Phi) is 5.32. The van der Waals surface area contributed by atoms with E-state index in [-0.39, 0.29) is 18.3 Å². The Morgan fingerprint density at radius 2 is 2.32 bits per heavy atom. The summed E-state index contributed by atoms with van der Waals surface area (Å²) in [5.41, 5.74) is 7.34. The van der Waals surface area contributed by atoms with Crippen molar-refractivity contribution in [3.8, 4) is 5.75 Å². The van der Waals surface area contributed by atoms with Crippen molar-refractivity contribution in [2.45, 2.75) is 12.8 Å². The van der Waals surface area contributed by atoms with E-state index in [0.717, 1.165) is 41.8 Å². The van der Waals surface area contributed by atoms with Crippen LogP contribution in [0.4, 0.5) is 0 Å². The number of furan rings is 1. The van der Waals surface area contributed by atoms with Gasteiger partial charge < -0.3 is 19.8 Å². The van der Waals surface area contributed by atoms with Gasteiger partial charge in [-0.2, -0.15) is 0 Å². The minimum Gasteiger partial charge on any atom is -0.497 e. The number of nitrogens with two attached hydrogens (primary N) is 1. The number of halogens is 1. The van der Waals surface area contributed by atoms with Crippen LogP contribution in [0.15, 0.2) is 28.9 Å². The zero-order valence-corrected chi connectivity index (χ0v) is 13.4. The van der Waals surface area contributed by atoms with E-state index in [1.54, 1.807) is 13.4 Å². The van der Waals surface area contributed by atoms with Crippen LogP contribution in [0.25, 0.3) is 11.0 Å². The third kappa shape index (κ3) is 3.20. The van der Waals surface area contributed by atoms with Crippen LogP contribution >= 0.6 is 12.4 Å². The van der Waals surface area contributed by atoms with Gasteiger partial charge in [0.1, 0.15) is 11.3 Å². The number of nitrogens with zero attached hydrogens (tertiary/aromatic N) is 1. The summed E-state index contributed by atoms with van der Waals surface area (Å²) in [5, 5.41) is 0.971. The molecule has 1 fully saturated rings. The number of ether oxygens (including phenoxy) is 1. The Labute approximate surface area is 135 Å². The van der Waals surface area contributed by atoms with Crippen molar-refractivity contribution in [2.24, 2.45) is 11.7 Å². The molecule has 1 aromatic heterocycles. The molecular weight excluding hydrogens is 304 g/mol. The van der Waals surface area contributed by atoms with E-state index in [9.17, 15) is 4.79 Å². The van der Waals surface area contributed by atoms with Gasteiger partial charge >= 0.3 is 0 Å². The van der Waals surface area contributed by atoms with E-state index in [2.05, 4.69) is 0 Å². The topological polar surface area (TPSA) is 68.7 Å². The van der Waals surface area contributed by atoms with Crippen molar-refractivity contribution in [1.29, 1.82) is 0 Å². The van der Waals surface area contributed by atoms with Gasteiger partial charge in [-0.25, -0.2) is 0 Å². The molecule has 1 aliphatic heterocycles. The molecule has 0 bridgehead atoms. The average molecular weight is 325 g/mol. The molecule has 3 rings (SSSR count). The monoisotopic (exact) mass is 324 g/mol. The van der Waals surface area contributed by atoms with Crippen LogP contribution in [0.3, 0.4) is 0 Å². The predicted octanol–water partition coefficient (Wildman–Crippen LogP) is 2.21. The quantitative estimate of drug-likeness (QED) is 0.936. The standard InChI is InChI=1S/C16H20N2O3.ClH/c1-20-13-2-3-14-12(10-21-15(14)7-13)6-16(19)18-5-4-11(8-17)9-18;/h2-3,7,10-11H,4-6,8-9,17H2,1H3;1H. The summed E-state index contributed by atoms with van der Waals surface area (Å²) in [6, 6.07) is 5.66. The molecule has 1 saturated heterocycles. The predicted molar refractivity (Wildman–Crippen MR) is 87.5 cm³/mol. The van der Waals surface area contributed by atoms with E-state index in [1.165, 1.54) is 0 Å². The second-order valence-corrected chi connectivity index (χ2v) is 5.53. The maximum atomic E-state index is 12.4. The molecule has 0 radical (unpaired) electrons. The highest BCUT2D eigenvalue weighted by atomic mass is 35.5. The van der Waals surface area contributed by atoms with Gasteiger partial charge in [-0.05, 0) is 31.0 Å². The normalized spacial score (nSPS) is 17.5. The lowest BCUT2D eigenvalue weighted by Crippen LogP contribution is -2.31. The van der Waals surface area contributed by atoms with Gasteiger partial charge in [0.25, 0.3) is 0 Å². The maximum absolute atomic E-state index is 12.4. The highest BCUT2D eigenvalue weighted by Crippen LogP contribution is 2.26. The summed E-state index contributed by atoms with van der Waals surface area (Å²) in [6.45, 7) is 2.24. The van der Waals surface area contributed by atoms with E-state index in [1.807, 2.05) is 23.1 Å². The Morgan fingerprint density at radius 1 is 1.50 bits per heavy atom. The maximum Gasteiger partial charge on any atom is 0.227 e. The highest BCUT2D eigenvalue weighted by molar-refractivity contribution is 5.88. The summed E-state index contributed by atoms with van der Waals surface area (Å²) >= 11 is 0. The van der Waals surface area contributed by atoms with Gasteiger partial charge in [-0.15, -0.1) is 12.4 Å². The first kappa shape index (κ1) is 16.6. The molecule has 2 heterocycles. The van der Waals surface area contributed by atoms with Crippen molar-refractivity contribution in [2.75, 3.05) is 26.7 Å². The van der Waals surface area contributed by atoms with Crippen LogP contribution < -0.4 is 10.5 Å². The van der Waals surface area contributed by atoms with Crippen molar-refractivity contribution < 1.29 is 13.9 Å². The van der Waals surface area contributed by atoms with Gasteiger partial charge in [0.05, 0.1) is 19.8 Å². The van der Waals surface area contributed by atoms with Gasteiger partial charge in [0.2, 0.25) is 5.91 Å². The molecular formula is C16H21ClN2O3. The molecule has 22 heavy (non-hydrogen) atoms. The lowest BCUT2D eigenvalue weighted by atomic mass is 10.1. The summed E-state index contributed by atoms with van der Waals surface area (Å²) in [5.74, 6) is 1.34. The fraction of sp³-hybridized carbons (Fsp3) is 0.438. The molecule has 1 unspecified atom stereocenters. The van der Waals surface area contributed by atoms with E-state index >= 15 is 0 Å². The summed E-state index contributed by atoms with van der Waals surface area (Å²) in [6.07, 6.45) is 3.04. The second kappa shape index (κ2) is 7.03. The number of carbonyl (C=O) groups is 1. The number of fused-ring (bicyclic) bond motifs is 1. The molecule has 0 spiro atoms. The van der Waals surface area contributed by atoms with Crippen LogP contribution in [-0.2, 0) is 11.2 Å². The Bertz CT molecular complexity index is 656. The molecule has 2 N–H and O–H groups in total. The molecule has 120 valence electrons. The Balaban J connectivity index is 0.00000176. The minimum absolute atomic E-state index is 0. The molecule has 5 nitrogen and oxygen atoms in total. The SMILES string of the molecule is COc1ccc2c(CC(=O)N3CCC(CN)C3)coc2c1.Cl. The second-order valence-electron chi connectivity index (χ2n) is 5.53. The molecule has 6 heteroatoms. The molecule has 0 saturated carbocycles.